The Kier molecular flexibility index (Phi) is 4.63. The number of hydrogen-bond donors (Lipinski definition) is 0. The lowest BCUT2D eigenvalue weighted by molar-refractivity contribution is -0.0247. The number of aryl methyl sites for hydroxylation is 1. The number of carbonyl (C=O) groups excluding carboxylic acids is 1. The monoisotopic (exact) mass is 359 g/mol. The number of morpholine rings is 1. The zero-order valence-electron chi connectivity index (χ0n) is 14.2. The van der Waals surface area contributed by atoms with Crippen LogP contribution in [0.4, 0.5) is 5.95 Å². The highest BCUT2D eigenvalue weighted by Crippen LogP contribution is 2.24. The third-order valence-electron chi connectivity index (χ3n) is 4.72. The highest BCUT2D eigenvalue weighted by atomic mass is 32.1. The largest absolute Gasteiger partial charge is 0.368 e. The maximum absolute atomic E-state index is 12.7. The van der Waals surface area contributed by atoms with Gasteiger partial charge in [0, 0.05) is 31.2 Å². The molecule has 0 bridgehead atoms. The molecule has 2 aliphatic rings. The van der Waals surface area contributed by atoms with Gasteiger partial charge in [0.15, 0.2) is 0 Å². The van der Waals surface area contributed by atoms with Crippen molar-refractivity contribution >= 4 is 23.4 Å². The molecule has 8 heteroatoms. The molecule has 0 aromatic carbocycles. The second kappa shape index (κ2) is 7.05. The molecule has 1 amide bonds. The zero-order chi connectivity index (χ0) is 17.2. The van der Waals surface area contributed by atoms with E-state index in [0.29, 0.717) is 25.3 Å². The maximum Gasteiger partial charge on any atom is 0.256 e. The van der Waals surface area contributed by atoms with Gasteiger partial charge in [-0.3, -0.25) is 4.79 Å². The summed E-state index contributed by atoms with van der Waals surface area (Å²) in [6, 6.07) is 1.88. The summed E-state index contributed by atoms with van der Waals surface area (Å²) in [5.41, 5.74) is 2.32. The number of amides is 1. The summed E-state index contributed by atoms with van der Waals surface area (Å²) in [7, 11) is 0. The molecule has 0 spiro atoms. The van der Waals surface area contributed by atoms with Crippen LogP contribution >= 0.6 is 11.5 Å². The minimum Gasteiger partial charge on any atom is -0.368 e. The van der Waals surface area contributed by atoms with E-state index in [1.54, 1.807) is 6.20 Å². The molecule has 2 aromatic rings. The van der Waals surface area contributed by atoms with Crippen LogP contribution in [0.2, 0.25) is 0 Å². The van der Waals surface area contributed by atoms with Crippen molar-refractivity contribution < 1.29 is 9.53 Å². The third-order valence-corrected chi connectivity index (χ3v) is 5.44. The van der Waals surface area contributed by atoms with E-state index in [-0.39, 0.29) is 12.0 Å². The summed E-state index contributed by atoms with van der Waals surface area (Å²) in [5.74, 6) is 0.785. The van der Waals surface area contributed by atoms with Crippen molar-refractivity contribution in [2.45, 2.75) is 25.9 Å². The van der Waals surface area contributed by atoms with Crippen molar-refractivity contribution in [2.24, 2.45) is 0 Å². The number of hydrogen-bond acceptors (Lipinski definition) is 7. The predicted molar refractivity (Wildman–Crippen MR) is 94.9 cm³/mol. The number of anilines is 1. The molecule has 7 nitrogen and oxygen atoms in total. The topological polar surface area (TPSA) is 71.5 Å². The minimum atomic E-state index is -0.214. The number of carbonyl (C=O) groups is 1. The van der Waals surface area contributed by atoms with Crippen molar-refractivity contribution in [1.82, 2.24) is 19.2 Å². The predicted octanol–water partition coefficient (Wildman–Crippen LogP) is 2.06. The van der Waals surface area contributed by atoms with E-state index in [9.17, 15) is 4.79 Å². The Morgan fingerprint density at radius 3 is 2.92 bits per heavy atom. The molecule has 4 rings (SSSR count). The Bertz CT molecular complexity index is 759. The Morgan fingerprint density at radius 1 is 1.32 bits per heavy atom. The number of nitrogens with zero attached hydrogens (tertiary/aromatic N) is 5. The summed E-state index contributed by atoms with van der Waals surface area (Å²) in [6.45, 7) is 5.48. The van der Waals surface area contributed by atoms with E-state index < -0.39 is 0 Å². The standard InChI is InChI=1S/C17H21N5O2S/c1-12-13(11-25-20-12)16(23)22-8-9-24-15(10-22)14-4-5-18-17(19-14)21-6-2-3-7-21/h4-5,11,15H,2-3,6-10H2,1H3. The molecule has 2 aliphatic heterocycles. The van der Waals surface area contributed by atoms with Crippen LogP contribution in [0.5, 0.6) is 0 Å². The molecule has 4 heterocycles. The summed E-state index contributed by atoms with van der Waals surface area (Å²) in [4.78, 5) is 25.9. The van der Waals surface area contributed by atoms with Crippen LogP contribution in [0.15, 0.2) is 17.6 Å². The van der Waals surface area contributed by atoms with E-state index in [1.165, 1.54) is 24.4 Å². The summed E-state index contributed by atoms with van der Waals surface area (Å²) in [5, 5.41) is 1.82. The molecule has 1 unspecified atom stereocenters. The second-order valence-electron chi connectivity index (χ2n) is 6.40. The van der Waals surface area contributed by atoms with Gasteiger partial charge in [0.1, 0.15) is 6.10 Å². The lowest BCUT2D eigenvalue weighted by Gasteiger charge is -2.32. The van der Waals surface area contributed by atoms with Gasteiger partial charge in [-0.1, -0.05) is 0 Å². The van der Waals surface area contributed by atoms with Gasteiger partial charge >= 0.3 is 0 Å². The number of rotatable bonds is 3. The Labute approximate surface area is 150 Å². The molecule has 0 radical (unpaired) electrons. The summed E-state index contributed by atoms with van der Waals surface area (Å²) >= 11 is 1.32. The van der Waals surface area contributed by atoms with E-state index in [2.05, 4.69) is 14.3 Å². The fourth-order valence-corrected chi connectivity index (χ4v) is 3.98. The average molecular weight is 359 g/mol. The molecule has 0 N–H and O–H groups in total. The molecule has 1 atom stereocenters. The van der Waals surface area contributed by atoms with Crippen LogP contribution in [0.3, 0.4) is 0 Å². The Balaban J connectivity index is 1.50. The molecular weight excluding hydrogens is 338 g/mol. The van der Waals surface area contributed by atoms with Crippen LogP contribution in [-0.4, -0.2) is 57.9 Å². The van der Waals surface area contributed by atoms with E-state index >= 15 is 0 Å². The third kappa shape index (κ3) is 3.36. The first-order valence-corrected chi connectivity index (χ1v) is 9.46. The Hall–Kier alpha value is -2.06. The average Bonchev–Trinajstić information content (AvgIpc) is 3.33. The van der Waals surface area contributed by atoms with Gasteiger partial charge in [0.05, 0.1) is 30.1 Å². The second-order valence-corrected chi connectivity index (χ2v) is 7.03. The quantitative estimate of drug-likeness (QED) is 0.835. The maximum atomic E-state index is 12.7. The highest BCUT2D eigenvalue weighted by Gasteiger charge is 2.29. The van der Waals surface area contributed by atoms with Crippen LogP contribution in [0.1, 0.15) is 40.7 Å². The molecule has 132 valence electrons. The molecule has 25 heavy (non-hydrogen) atoms. The van der Waals surface area contributed by atoms with Gasteiger partial charge in [-0.05, 0) is 37.4 Å². The molecule has 2 aromatic heterocycles. The molecule has 0 saturated carbocycles. The van der Waals surface area contributed by atoms with Gasteiger partial charge in [-0.2, -0.15) is 4.37 Å². The first-order valence-electron chi connectivity index (χ1n) is 8.62. The summed E-state index contributed by atoms with van der Waals surface area (Å²) in [6.07, 6.45) is 3.94. The molecule has 2 fully saturated rings. The van der Waals surface area contributed by atoms with Gasteiger partial charge in [0.25, 0.3) is 5.91 Å². The van der Waals surface area contributed by atoms with Gasteiger partial charge < -0.3 is 14.5 Å². The van der Waals surface area contributed by atoms with Gasteiger partial charge in [0.2, 0.25) is 5.95 Å². The summed E-state index contributed by atoms with van der Waals surface area (Å²) < 4.78 is 10.1. The van der Waals surface area contributed by atoms with E-state index in [4.69, 9.17) is 9.72 Å². The van der Waals surface area contributed by atoms with Crippen molar-refractivity contribution in [3.63, 3.8) is 0 Å². The van der Waals surface area contributed by atoms with Crippen molar-refractivity contribution in [3.05, 3.63) is 34.6 Å². The zero-order valence-corrected chi connectivity index (χ0v) is 15.0. The van der Waals surface area contributed by atoms with E-state index in [1.807, 2.05) is 23.3 Å². The first-order chi connectivity index (χ1) is 12.2. The van der Waals surface area contributed by atoms with Crippen molar-refractivity contribution in [2.75, 3.05) is 37.7 Å². The van der Waals surface area contributed by atoms with Crippen LogP contribution < -0.4 is 4.90 Å². The fraction of sp³-hybridized carbons (Fsp3) is 0.529. The smallest absolute Gasteiger partial charge is 0.256 e. The first kappa shape index (κ1) is 16.4. The minimum absolute atomic E-state index is 0.0216. The molecule has 2 saturated heterocycles. The van der Waals surface area contributed by atoms with Crippen LogP contribution in [-0.2, 0) is 4.74 Å². The van der Waals surface area contributed by atoms with Crippen LogP contribution in [0, 0.1) is 6.92 Å². The fourth-order valence-electron chi connectivity index (χ4n) is 3.29. The van der Waals surface area contributed by atoms with E-state index in [0.717, 1.165) is 30.4 Å². The Morgan fingerprint density at radius 2 is 2.16 bits per heavy atom. The highest BCUT2D eigenvalue weighted by molar-refractivity contribution is 7.03. The normalized spacial score (nSPS) is 20.9. The van der Waals surface area contributed by atoms with Gasteiger partial charge in [-0.15, -0.1) is 0 Å². The SMILES string of the molecule is Cc1nscc1C(=O)N1CCOC(c2ccnc(N3CCCC3)n2)C1. The molecule has 0 aliphatic carbocycles. The van der Waals surface area contributed by atoms with Crippen molar-refractivity contribution in [1.29, 1.82) is 0 Å². The lowest BCUT2D eigenvalue weighted by Crippen LogP contribution is -2.42. The number of aromatic nitrogens is 3. The van der Waals surface area contributed by atoms with Crippen molar-refractivity contribution in [3.8, 4) is 0 Å². The lowest BCUT2D eigenvalue weighted by atomic mass is 10.1. The number of ether oxygens (including phenoxy) is 1. The van der Waals surface area contributed by atoms with Crippen LogP contribution in [0.25, 0.3) is 0 Å². The molecular formula is C17H21N5O2S. The van der Waals surface area contributed by atoms with Gasteiger partial charge in [-0.25, -0.2) is 9.97 Å².